The highest BCUT2D eigenvalue weighted by atomic mass is 35.5. The maximum absolute atomic E-state index is 12.3. The summed E-state index contributed by atoms with van der Waals surface area (Å²) >= 11 is 6.12. The predicted molar refractivity (Wildman–Crippen MR) is 93.7 cm³/mol. The number of halogens is 1. The van der Waals surface area contributed by atoms with E-state index < -0.39 is 5.97 Å². The molecule has 1 aromatic carbocycles. The highest BCUT2D eigenvalue weighted by molar-refractivity contribution is 6.35. The Morgan fingerprint density at radius 1 is 1.35 bits per heavy atom. The van der Waals surface area contributed by atoms with Gasteiger partial charge in [-0.15, -0.1) is 5.10 Å². The molecule has 2 rings (SSSR count). The van der Waals surface area contributed by atoms with Crippen LogP contribution in [0.5, 0.6) is 0 Å². The maximum Gasteiger partial charge on any atom is 0.375 e. The van der Waals surface area contributed by atoms with Crippen LogP contribution in [0.4, 0.5) is 5.69 Å². The molecule has 1 aromatic rings. The molecule has 1 fully saturated rings. The second-order valence-electron chi connectivity index (χ2n) is 6.10. The summed E-state index contributed by atoms with van der Waals surface area (Å²) in [5.74, 6) is 0.927. The van der Waals surface area contributed by atoms with E-state index in [2.05, 4.69) is 24.4 Å². The Labute approximate surface area is 142 Å². The van der Waals surface area contributed by atoms with Crippen LogP contribution in [0.1, 0.15) is 27.2 Å². The second-order valence-corrected chi connectivity index (χ2v) is 6.51. The lowest BCUT2D eigenvalue weighted by Crippen LogP contribution is -2.46. The third-order valence-corrected chi connectivity index (χ3v) is 4.11. The third-order valence-electron chi connectivity index (χ3n) is 3.78. The van der Waals surface area contributed by atoms with Crippen LogP contribution in [0.3, 0.4) is 0 Å². The van der Waals surface area contributed by atoms with Crippen LogP contribution >= 0.6 is 11.6 Å². The van der Waals surface area contributed by atoms with Gasteiger partial charge in [-0.05, 0) is 37.3 Å². The van der Waals surface area contributed by atoms with E-state index in [0.717, 1.165) is 19.5 Å². The zero-order valence-electron chi connectivity index (χ0n) is 13.9. The predicted octanol–water partition coefficient (Wildman–Crippen LogP) is 3.61. The Morgan fingerprint density at radius 3 is 2.61 bits per heavy atom. The summed E-state index contributed by atoms with van der Waals surface area (Å²) < 4.78 is 5.16. The summed E-state index contributed by atoms with van der Waals surface area (Å²) in [4.78, 5) is 14.3. The fourth-order valence-electron chi connectivity index (χ4n) is 2.94. The zero-order chi connectivity index (χ0) is 16.8. The van der Waals surface area contributed by atoms with Crippen LogP contribution < -0.4 is 5.43 Å². The topological polar surface area (TPSA) is 53.9 Å². The largest absolute Gasteiger partial charge is 0.460 e. The van der Waals surface area contributed by atoms with Gasteiger partial charge in [0.15, 0.2) is 0 Å². The minimum atomic E-state index is -0.409. The van der Waals surface area contributed by atoms with E-state index in [1.165, 1.54) is 0 Å². The fraction of sp³-hybridized carbons (Fsp3) is 0.529. The van der Waals surface area contributed by atoms with Crippen molar-refractivity contribution in [2.45, 2.75) is 27.2 Å². The van der Waals surface area contributed by atoms with Crippen molar-refractivity contribution in [3.05, 3.63) is 29.3 Å². The Balaban J connectivity index is 2.21. The lowest BCUT2D eigenvalue weighted by molar-refractivity contribution is -0.136. The van der Waals surface area contributed by atoms with E-state index >= 15 is 0 Å². The number of esters is 1. The van der Waals surface area contributed by atoms with Crippen LogP contribution in [0.2, 0.25) is 5.02 Å². The second kappa shape index (κ2) is 8.20. The molecule has 6 heteroatoms. The number of hydrogen-bond donors (Lipinski definition) is 1. The average Bonchev–Trinajstić information content (AvgIpc) is 2.48. The van der Waals surface area contributed by atoms with Gasteiger partial charge in [0.2, 0.25) is 5.84 Å². The summed E-state index contributed by atoms with van der Waals surface area (Å²) in [7, 11) is 0. The van der Waals surface area contributed by atoms with Crippen molar-refractivity contribution in [2.75, 3.05) is 25.1 Å². The molecule has 0 bridgehead atoms. The van der Waals surface area contributed by atoms with Gasteiger partial charge in [-0.1, -0.05) is 37.6 Å². The fourth-order valence-corrected chi connectivity index (χ4v) is 3.12. The molecule has 126 valence electrons. The van der Waals surface area contributed by atoms with Gasteiger partial charge in [-0.2, -0.15) is 0 Å². The number of anilines is 1. The number of hydrogen-bond acceptors (Lipinski definition) is 4. The molecule has 5 nitrogen and oxygen atoms in total. The summed E-state index contributed by atoms with van der Waals surface area (Å²) in [6.07, 6.45) is 1.16. The number of nitrogens with zero attached hydrogens (tertiary/aromatic N) is 2. The minimum Gasteiger partial charge on any atom is -0.460 e. The number of piperidine rings is 1. The van der Waals surface area contributed by atoms with Gasteiger partial charge < -0.3 is 9.64 Å². The molecule has 1 aliphatic rings. The van der Waals surface area contributed by atoms with Crippen molar-refractivity contribution in [3.63, 3.8) is 0 Å². The molecule has 1 N–H and O–H groups in total. The van der Waals surface area contributed by atoms with Crippen molar-refractivity contribution < 1.29 is 9.53 Å². The first-order valence-electron chi connectivity index (χ1n) is 8.01. The van der Waals surface area contributed by atoms with Crippen LogP contribution in [0.25, 0.3) is 0 Å². The first-order chi connectivity index (χ1) is 11.0. The number of hydrazone groups is 1. The Bertz CT molecular complexity index is 567. The SMILES string of the molecule is CCOC(=O)/C(=N\Nc1ccccc1Cl)N1C[C@H](C)C[C@H](C)C1. The number of likely N-dealkylation sites (tertiary alicyclic amines) is 1. The third kappa shape index (κ3) is 4.86. The smallest absolute Gasteiger partial charge is 0.375 e. The standard InChI is InChI=1S/C17H24ClN3O2/c1-4-23-17(22)16(21-10-12(2)9-13(3)11-21)20-19-15-8-6-5-7-14(15)18/h5-8,12-13,19H,4,9-11H2,1-3H3/b20-16+/t12-,13+. The van der Waals surface area contributed by atoms with Crippen LogP contribution in [-0.4, -0.2) is 36.4 Å². The van der Waals surface area contributed by atoms with Crippen molar-refractivity contribution >= 4 is 29.1 Å². The van der Waals surface area contributed by atoms with E-state index in [4.69, 9.17) is 16.3 Å². The zero-order valence-corrected chi connectivity index (χ0v) is 14.6. The van der Waals surface area contributed by atoms with Gasteiger partial charge in [-0.25, -0.2) is 4.79 Å². The Kier molecular flexibility index (Phi) is 6.28. The maximum atomic E-state index is 12.3. The minimum absolute atomic E-state index is 0.310. The molecule has 0 saturated carbocycles. The van der Waals surface area contributed by atoms with Gasteiger partial charge in [-0.3, -0.25) is 5.43 Å². The lowest BCUT2D eigenvalue weighted by atomic mass is 9.92. The Hall–Kier alpha value is -1.75. The molecule has 1 aliphatic heterocycles. The molecule has 1 heterocycles. The number of para-hydroxylation sites is 1. The number of carbonyl (C=O) groups excluding carboxylic acids is 1. The van der Waals surface area contributed by atoms with E-state index in [9.17, 15) is 4.79 Å². The van der Waals surface area contributed by atoms with Gasteiger partial charge in [0, 0.05) is 13.1 Å². The van der Waals surface area contributed by atoms with Crippen LogP contribution in [0.15, 0.2) is 29.4 Å². The number of amidine groups is 1. The molecule has 0 amide bonds. The molecular weight excluding hydrogens is 314 g/mol. The molecule has 23 heavy (non-hydrogen) atoms. The molecule has 0 radical (unpaired) electrons. The first-order valence-corrected chi connectivity index (χ1v) is 8.39. The van der Waals surface area contributed by atoms with E-state index in [0.29, 0.717) is 35.0 Å². The number of ether oxygens (including phenoxy) is 1. The van der Waals surface area contributed by atoms with E-state index in [1.807, 2.05) is 23.1 Å². The molecule has 0 aliphatic carbocycles. The highest BCUT2D eigenvalue weighted by Crippen LogP contribution is 2.23. The number of carbonyl (C=O) groups is 1. The molecule has 0 spiro atoms. The van der Waals surface area contributed by atoms with Gasteiger partial charge >= 0.3 is 5.97 Å². The van der Waals surface area contributed by atoms with Gasteiger partial charge in [0.05, 0.1) is 17.3 Å². The van der Waals surface area contributed by atoms with E-state index in [1.54, 1.807) is 13.0 Å². The summed E-state index contributed by atoms with van der Waals surface area (Å²) in [6.45, 7) is 8.08. The number of rotatable bonds is 3. The quantitative estimate of drug-likeness (QED) is 0.396. The van der Waals surface area contributed by atoms with Crippen LogP contribution in [-0.2, 0) is 9.53 Å². The number of nitrogens with one attached hydrogen (secondary N) is 1. The first kappa shape index (κ1) is 17.6. The summed E-state index contributed by atoms with van der Waals surface area (Å²) in [5, 5.41) is 4.85. The molecule has 2 atom stereocenters. The van der Waals surface area contributed by atoms with Gasteiger partial charge in [0.1, 0.15) is 0 Å². The van der Waals surface area contributed by atoms with Crippen molar-refractivity contribution in [1.82, 2.24) is 4.90 Å². The molecule has 0 aromatic heterocycles. The van der Waals surface area contributed by atoms with Crippen molar-refractivity contribution in [1.29, 1.82) is 0 Å². The summed E-state index contributed by atoms with van der Waals surface area (Å²) in [6, 6.07) is 7.29. The monoisotopic (exact) mass is 337 g/mol. The Morgan fingerprint density at radius 2 is 2.00 bits per heavy atom. The molecular formula is C17H24ClN3O2. The average molecular weight is 338 g/mol. The molecule has 1 saturated heterocycles. The normalized spacial score (nSPS) is 21.9. The summed E-state index contributed by atoms with van der Waals surface area (Å²) in [5.41, 5.74) is 3.55. The van der Waals surface area contributed by atoms with Crippen molar-refractivity contribution in [3.8, 4) is 0 Å². The number of benzene rings is 1. The van der Waals surface area contributed by atoms with E-state index in [-0.39, 0.29) is 0 Å². The molecule has 0 unspecified atom stereocenters. The van der Waals surface area contributed by atoms with Crippen molar-refractivity contribution in [2.24, 2.45) is 16.9 Å². The highest BCUT2D eigenvalue weighted by Gasteiger charge is 2.28. The van der Waals surface area contributed by atoms with Gasteiger partial charge in [0.25, 0.3) is 0 Å². The van der Waals surface area contributed by atoms with Crippen LogP contribution in [0, 0.1) is 11.8 Å². The lowest BCUT2D eigenvalue weighted by Gasteiger charge is -2.36.